The molecule has 112 valence electrons. The minimum absolute atomic E-state index is 0.113. The number of amides is 1. The molecule has 0 saturated heterocycles. The minimum Gasteiger partial charge on any atom is -0.508 e. The van der Waals surface area contributed by atoms with E-state index in [0.29, 0.717) is 6.54 Å². The van der Waals surface area contributed by atoms with E-state index in [1.54, 1.807) is 0 Å². The first-order valence-corrected chi connectivity index (χ1v) is 7.01. The molecule has 0 radical (unpaired) electrons. The van der Waals surface area contributed by atoms with Crippen LogP contribution in [0.4, 0.5) is 5.69 Å². The number of nitrogens with one attached hydrogen (secondary N) is 1. The van der Waals surface area contributed by atoms with E-state index < -0.39 is 10.8 Å². The zero-order chi connectivity index (χ0) is 15.2. The van der Waals surface area contributed by atoms with Gasteiger partial charge >= 0.3 is 0 Å². The lowest BCUT2D eigenvalue weighted by molar-refractivity contribution is -0.385. The summed E-state index contributed by atoms with van der Waals surface area (Å²) in [6, 6.07) is 3.45. The zero-order valence-electron chi connectivity index (χ0n) is 11.7. The number of nitrogens with zero attached hydrogens (tertiary/aromatic N) is 1. The molecule has 0 heterocycles. The normalized spacial score (nSPS) is 14.4. The van der Waals surface area contributed by atoms with Gasteiger partial charge in [0.25, 0.3) is 11.6 Å². The Balaban J connectivity index is 1.98. The lowest BCUT2D eigenvalue weighted by Gasteiger charge is -2.13. The van der Waals surface area contributed by atoms with Gasteiger partial charge in [-0.05, 0) is 44.2 Å². The number of phenols is 1. The van der Waals surface area contributed by atoms with Crippen molar-refractivity contribution in [3.8, 4) is 5.75 Å². The maximum absolute atomic E-state index is 12.0. The third kappa shape index (κ3) is 4.05. The Kier molecular flexibility index (Phi) is 4.92. The van der Waals surface area contributed by atoms with E-state index in [0.717, 1.165) is 31.4 Å². The van der Waals surface area contributed by atoms with Crippen molar-refractivity contribution >= 4 is 11.6 Å². The van der Waals surface area contributed by atoms with Gasteiger partial charge in [-0.1, -0.05) is 11.6 Å². The number of carbonyl (C=O) groups is 1. The topological polar surface area (TPSA) is 92.5 Å². The third-order valence-electron chi connectivity index (χ3n) is 3.54. The summed E-state index contributed by atoms with van der Waals surface area (Å²) in [5.41, 5.74) is 0.909. The number of phenolic OH excluding ortho intramolecular Hbond substituents is 1. The van der Waals surface area contributed by atoms with Crippen LogP contribution in [0.5, 0.6) is 5.75 Å². The Hall–Kier alpha value is -2.37. The van der Waals surface area contributed by atoms with Gasteiger partial charge in [-0.25, -0.2) is 0 Å². The molecule has 0 aromatic heterocycles. The standard InChI is InChI=1S/C15H18N2O4/c18-12-6-7-14(17(20)21)13(10-12)15(19)16-9-8-11-4-2-1-3-5-11/h4,6-7,10,18H,1-3,5,8-9H2,(H,16,19). The predicted molar refractivity (Wildman–Crippen MR) is 78.3 cm³/mol. The van der Waals surface area contributed by atoms with Crippen molar-refractivity contribution in [3.63, 3.8) is 0 Å². The van der Waals surface area contributed by atoms with E-state index in [-0.39, 0.29) is 17.0 Å². The highest BCUT2D eigenvalue weighted by atomic mass is 16.6. The number of hydrogen-bond acceptors (Lipinski definition) is 4. The van der Waals surface area contributed by atoms with Crippen LogP contribution in [0.25, 0.3) is 0 Å². The van der Waals surface area contributed by atoms with Gasteiger partial charge < -0.3 is 10.4 Å². The van der Waals surface area contributed by atoms with Gasteiger partial charge in [0.05, 0.1) is 4.92 Å². The number of hydrogen-bond donors (Lipinski definition) is 2. The molecule has 0 saturated carbocycles. The summed E-state index contributed by atoms with van der Waals surface area (Å²) in [5, 5.41) is 23.0. The fraction of sp³-hybridized carbons (Fsp3) is 0.400. The van der Waals surface area contributed by atoms with Gasteiger partial charge in [-0.2, -0.15) is 0 Å². The summed E-state index contributed by atoms with van der Waals surface area (Å²) in [6.45, 7) is 0.442. The zero-order valence-corrected chi connectivity index (χ0v) is 11.7. The molecule has 0 bridgehead atoms. The van der Waals surface area contributed by atoms with Crippen LogP contribution < -0.4 is 5.32 Å². The van der Waals surface area contributed by atoms with Crippen LogP contribution in [0.3, 0.4) is 0 Å². The van der Waals surface area contributed by atoms with Crippen molar-refractivity contribution in [2.24, 2.45) is 0 Å². The quantitative estimate of drug-likeness (QED) is 0.495. The summed E-state index contributed by atoms with van der Waals surface area (Å²) in [7, 11) is 0. The molecule has 1 aromatic carbocycles. The number of aromatic hydroxyl groups is 1. The van der Waals surface area contributed by atoms with Gasteiger partial charge in [0, 0.05) is 12.6 Å². The van der Waals surface area contributed by atoms with Crippen LogP contribution in [0, 0.1) is 10.1 Å². The van der Waals surface area contributed by atoms with Gasteiger partial charge in [0.2, 0.25) is 0 Å². The van der Waals surface area contributed by atoms with E-state index in [1.807, 2.05) is 0 Å². The maximum Gasteiger partial charge on any atom is 0.282 e. The second-order valence-corrected chi connectivity index (χ2v) is 5.07. The van der Waals surface area contributed by atoms with Gasteiger partial charge in [0.15, 0.2) is 0 Å². The Labute approximate surface area is 122 Å². The molecule has 1 aliphatic carbocycles. The lowest BCUT2D eigenvalue weighted by Crippen LogP contribution is -2.25. The van der Waals surface area contributed by atoms with Crippen molar-refractivity contribution in [1.29, 1.82) is 0 Å². The van der Waals surface area contributed by atoms with Gasteiger partial charge in [-0.15, -0.1) is 0 Å². The molecular weight excluding hydrogens is 272 g/mol. The van der Waals surface area contributed by atoms with Crippen molar-refractivity contribution in [3.05, 3.63) is 45.5 Å². The fourth-order valence-electron chi connectivity index (χ4n) is 2.43. The van der Waals surface area contributed by atoms with E-state index >= 15 is 0 Å². The number of nitro benzene ring substituents is 1. The van der Waals surface area contributed by atoms with Gasteiger partial charge in [0.1, 0.15) is 11.3 Å². The summed E-state index contributed by atoms with van der Waals surface area (Å²) >= 11 is 0. The highest BCUT2D eigenvalue weighted by Gasteiger charge is 2.20. The molecule has 2 N–H and O–H groups in total. The van der Waals surface area contributed by atoms with Crippen LogP contribution in [-0.4, -0.2) is 22.5 Å². The predicted octanol–water partition coefficient (Wildman–Crippen LogP) is 2.92. The largest absolute Gasteiger partial charge is 0.508 e. The molecule has 1 aromatic rings. The molecule has 0 aliphatic heterocycles. The smallest absolute Gasteiger partial charge is 0.282 e. The van der Waals surface area contributed by atoms with E-state index in [9.17, 15) is 20.0 Å². The summed E-state index contributed by atoms with van der Waals surface area (Å²) < 4.78 is 0. The summed E-state index contributed by atoms with van der Waals surface area (Å²) in [4.78, 5) is 22.3. The molecule has 0 unspecified atom stereocenters. The van der Waals surface area contributed by atoms with Crippen LogP contribution in [0.1, 0.15) is 42.5 Å². The number of rotatable bonds is 5. The first-order valence-electron chi connectivity index (χ1n) is 7.01. The van der Waals surface area contributed by atoms with Crippen LogP contribution in [-0.2, 0) is 0 Å². The average molecular weight is 290 g/mol. The van der Waals surface area contributed by atoms with Crippen LogP contribution >= 0.6 is 0 Å². The molecule has 1 amide bonds. The number of allylic oxidation sites excluding steroid dienone is 1. The molecule has 0 spiro atoms. The maximum atomic E-state index is 12.0. The highest BCUT2D eigenvalue weighted by Crippen LogP contribution is 2.23. The molecule has 0 fully saturated rings. The second kappa shape index (κ2) is 6.88. The number of carbonyl (C=O) groups excluding carboxylic acids is 1. The van der Waals surface area contributed by atoms with Gasteiger partial charge in [-0.3, -0.25) is 14.9 Å². The molecule has 1 aliphatic rings. The summed E-state index contributed by atoms with van der Waals surface area (Å²) in [6.07, 6.45) is 7.50. The van der Waals surface area contributed by atoms with Crippen molar-refractivity contribution in [1.82, 2.24) is 5.32 Å². The highest BCUT2D eigenvalue weighted by molar-refractivity contribution is 5.98. The Bertz CT molecular complexity index is 581. The monoisotopic (exact) mass is 290 g/mol. The fourth-order valence-corrected chi connectivity index (χ4v) is 2.43. The molecule has 6 heteroatoms. The molecule has 21 heavy (non-hydrogen) atoms. The number of benzene rings is 1. The molecule has 0 atom stereocenters. The van der Waals surface area contributed by atoms with E-state index in [2.05, 4.69) is 11.4 Å². The number of nitro groups is 1. The van der Waals surface area contributed by atoms with E-state index in [4.69, 9.17) is 0 Å². The Morgan fingerprint density at radius 3 is 2.86 bits per heavy atom. The average Bonchev–Trinajstić information content (AvgIpc) is 2.47. The third-order valence-corrected chi connectivity index (χ3v) is 3.54. The van der Waals surface area contributed by atoms with Crippen molar-refractivity contribution in [2.75, 3.05) is 6.54 Å². The Morgan fingerprint density at radius 1 is 1.38 bits per heavy atom. The second-order valence-electron chi connectivity index (χ2n) is 5.07. The molecule has 2 rings (SSSR count). The first-order chi connectivity index (χ1) is 10.1. The minimum atomic E-state index is -0.627. The van der Waals surface area contributed by atoms with Crippen LogP contribution in [0.15, 0.2) is 29.8 Å². The van der Waals surface area contributed by atoms with Crippen molar-refractivity contribution < 1.29 is 14.8 Å². The van der Waals surface area contributed by atoms with Crippen molar-refractivity contribution in [2.45, 2.75) is 32.1 Å². The SMILES string of the molecule is O=C(NCCC1=CCCCC1)c1cc(O)ccc1[N+](=O)[O-]. The van der Waals surface area contributed by atoms with Crippen LogP contribution in [0.2, 0.25) is 0 Å². The molecule has 6 nitrogen and oxygen atoms in total. The molecular formula is C15H18N2O4. The Morgan fingerprint density at radius 2 is 2.19 bits per heavy atom. The summed E-state index contributed by atoms with van der Waals surface area (Å²) in [5.74, 6) is -0.699. The first kappa shape index (κ1) is 15.0. The lowest BCUT2D eigenvalue weighted by atomic mass is 9.97. The van der Waals surface area contributed by atoms with E-state index in [1.165, 1.54) is 24.5 Å².